The van der Waals surface area contributed by atoms with Crippen molar-refractivity contribution in [3.63, 3.8) is 0 Å². The molecule has 1 atom stereocenters. The van der Waals surface area contributed by atoms with Gasteiger partial charge in [-0.1, -0.05) is 6.92 Å². The highest BCUT2D eigenvalue weighted by atomic mass is 35.5. The number of halogens is 1. The number of hydrogen-bond donors (Lipinski definition) is 3. The predicted octanol–water partition coefficient (Wildman–Crippen LogP) is 1.08. The van der Waals surface area contributed by atoms with E-state index in [2.05, 4.69) is 10.0 Å². The van der Waals surface area contributed by atoms with Crippen molar-refractivity contribution in [2.75, 3.05) is 11.9 Å². The van der Waals surface area contributed by atoms with E-state index < -0.39 is 16.1 Å². The molecule has 0 saturated carbocycles. The molecule has 20 heavy (non-hydrogen) atoms. The Morgan fingerprint density at radius 2 is 1.85 bits per heavy atom. The van der Waals surface area contributed by atoms with Crippen molar-refractivity contribution >= 4 is 34.0 Å². The minimum atomic E-state index is -3.47. The smallest absolute Gasteiger partial charge is 0.240 e. The number of carbonyl (C=O) groups excluding carboxylic acids is 1. The number of sulfonamides is 1. The van der Waals surface area contributed by atoms with E-state index >= 15 is 0 Å². The molecule has 6 nitrogen and oxygen atoms in total. The molecule has 0 bridgehead atoms. The molecular formula is C12H20ClN3O3S. The summed E-state index contributed by atoms with van der Waals surface area (Å²) in [7, 11) is -3.47. The van der Waals surface area contributed by atoms with Crippen molar-refractivity contribution in [3.8, 4) is 0 Å². The Morgan fingerprint density at radius 1 is 1.30 bits per heavy atom. The van der Waals surface area contributed by atoms with Crippen molar-refractivity contribution in [2.45, 2.75) is 31.2 Å². The first kappa shape index (κ1) is 18.9. The van der Waals surface area contributed by atoms with Crippen molar-refractivity contribution < 1.29 is 13.2 Å². The average Bonchev–Trinajstić information content (AvgIpc) is 2.37. The van der Waals surface area contributed by atoms with E-state index in [1.165, 1.54) is 24.3 Å². The summed E-state index contributed by atoms with van der Waals surface area (Å²) >= 11 is 0. The number of hydrogen-bond acceptors (Lipinski definition) is 4. The van der Waals surface area contributed by atoms with Gasteiger partial charge in [0.2, 0.25) is 15.9 Å². The molecule has 0 fully saturated rings. The molecule has 0 heterocycles. The molecule has 8 heteroatoms. The maximum atomic E-state index is 11.8. The highest BCUT2D eigenvalue weighted by Crippen LogP contribution is 2.14. The monoisotopic (exact) mass is 321 g/mol. The van der Waals surface area contributed by atoms with E-state index in [0.717, 1.165) is 6.42 Å². The van der Waals surface area contributed by atoms with Gasteiger partial charge in [0.05, 0.1) is 10.9 Å². The average molecular weight is 322 g/mol. The summed E-state index contributed by atoms with van der Waals surface area (Å²) in [5.41, 5.74) is 5.93. The number of benzene rings is 1. The van der Waals surface area contributed by atoms with Gasteiger partial charge in [-0.2, -0.15) is 0 Å². The van der Waals surface area contributed by atoms with Gasteiger partial charge >= 0.3 is 0 Å². The van der Waals surface area contributed by atoms with Gasteiger partial charge in [-0.3, -0.25) is 4.79 Å². The minimum Gasteiger partial charge on any atom is -0.325 e. The molecule has 114 valence electrons. The molecule has 0 aromatic heterocycles. The van der Waals surface area contributed by atoms with Crippen LogP contribution in [0.1, 0.15) is 20.3 Å². The summed E-state index contributed by atoms with van der Waals surface area (Å²) in [4.78, 5) is 11.5. The predicted molar refractivity (Wildman–Crippen MR) is 81.4 cm³/mol. The van der Waals surface area contributed by atoms with Crippen LogP contribution in [0.4, 0.5) is 5.69 Å². The molecule has 0 radical (unpaired) electrons. The van der Waals surface area contributed by atoms with Crippen molar-refractivity contribution in [1.82, 2.24) is 4.72 Å². The van der Waals surface area contributed by atoms with E-state index in [0.29, 0.717) is 12.2 Å². The summed E-state index contributed by atoms with van der Waals surface area (Å²) in [6, 6.07) is 5.32. The zero-order valence-electron chi connectivity index (χ0n) is 11.4. The van der Waals surface area contributed by atoms with Crippen LogP contribution >= 0.6 is 12.4 Å². The first-order valence-corrected chi connectivity index (χ1v) is 7.51. The van der Waals surface area contributed by atoms with Gasteiger partial charge in [0, 0.05) is 12.2 Å². The normalized spacial score (nSPS) is 12.3. The van der Waals surface area contributed by atoms with Crippen LogP contribution in [0.5, 0.6) is 0 Å². The summed E-state index contributed by atoms with van der Waals surface area (Å²) < 4.78 is 26.1. The molecule has 4 N–H and O–H groups in total. The van der Waals surface area contributed by atoms with Crippen LogP contribution in [0.25, 0.3) is 0 Å². The van der Waals surface area contributed by atoms with Gasteiger partial charge in [0.1, 0.15) is 0 Å². The Morgan fingerprint density at radius 3 is 2.30 bits per heavy atom. The van der Waals surface area contributed by atoms with Crippen molar-refractivity contribution in [1.29, 1.82) is 0 Å². The van der Waals surface area contributed by atoms with Gasteiger partial charge in [0.25, 0.3) is 0 Å². The minimum absolute atomic E-state index is 0. The second kappa shape index (κ2) is 8.21. The molecule has 0 aliphatic heterocycles. The largest absolute Gasteiger partial charge is 0.325 e. The molecule has 0 aliphatic carbocycles. The van der Waals surface area contributed by atoms with Crippen LogP contribution < -0.4 is 15.8 Å². The number of amides is 1. The van der Waals surface area contributed by atoms with Gasteiger partial charge < -0.3 is 11.1 Å². The quantitative estimate of drug-likeness (QED) is 0.729. The summed E-state index contributed by atoms with van der Waals surface area (Å²) in [6.45, 7) is 3.85. The molecule has 1 amide bonds. The zero-order valence-corrected chi connectivity index (χ0v) is 13.1. The Labute approximate surface area is 125 Å². The zero-order chi connectivity index (χ0) is 14.5. The molecular weight excluding hydrogens is 302 g/mol. The Bertz CT molecular complexity index is 529. The van der Waals surface area contributed by atoms with E-state index in [-0.39, 0.29) is 23.2 Å². The maximum absolute atomic E-state index is 11.8. The number of anilines is 1. The highest BCUT2D eigenvalue weighted by Gasteiger charge is 2.13. The van der Waals surface area contributed by atoms with Gasteiger partial charge in [-0.05, 0) is 37.6 Å². The molecule has 1 rings (SSSR count). The third kappa shape index (κ3) is 5.46. The molecule has 1 aromatic rings. The third-order valence-corrected chi connectivity index (χ3v) is 3.86. The van der Waals surface area contributed by atoms with Crippen LogP contribution in [0.3, 0.4) is 0 Å². The van der Waals surface area contributed by atoms with Crippen molar-refractivity contribution in [2.24, 2.45) is 5.73 Å². The topological polar surface area (TPSA) is 101 Å². The van der Waals surface area contributed by atoms with Crippen LogP contribution in [-0.2, 0) is 14.8 Å². The van der Waals surface area contributed by atoms with Gasteiger partial charge in [-0.15, -0.1) is 12.4 Å². The lowest BCUT2D eigenvalue weighted by molar-refractivity contribution is -0.117. The van der Waals surface area contributed by atoms with Crippen molar-refractivity contribution in [3.05, 3.63) is 24.3 Å². The van der Waals surface area contributed by atoms with Gasteiger partial charge in [0.15, 0.2) is 0 Å². The molecule has 0 saturated heterocycles. The Balaban J connectivity index is 0.00000361. The summed E-state index contributed by atoms with van der Waals surface area (Å²) in [6.07, 6.45) is 0.724. The number of carbonyl (C=O) groups is 1. The number of nitrogens with one attached hydrogen (secondary N) is 2. The lowest BCUT2D eigenvalue weighted by atomic mass is 10.3. The molecule has 0 spiro atoms. The lowest BCUT2D eigenvalue weighted by Gasteiger charge is -2.09. The summed E-state index contributed by atoms with van der Waals surface area (Å²) in [5, 5.41) is 2.58. The SMILES string of the molecule is CCCNS(=O)(=O)c1ccc(NC(=O)[C@H](C)N)cc1.Cl. The molecule has 0 aliphatic rings. The van der Waals surface area contributed by atoms with E-state index in [1.807, 2.05) is 6.92 Å². The lowest BCUT2D eigenvalue weighted by Crippen LogP contribution is -2.32. The fourth-order valence-corrected chi connectivity index (χ4v) is 2.43. The first-order valence-electron chi connectivity index (χ1n) is 6.03. The van der Waals surface area contributed by atoms with Crippen LogP contribution in [0.2, 0.25) is 0 Å². The number of nitrogens with two attached hydrogens (primary N) is 1. The van der Waals surface area contributed by atoms with E-state index in [1.54, 1.807) is 6.92 Å². The first-order chi connectivity index (χ1) is 8.86. The second-order valence-electron chi connectivity index (χ2n) is 4.20. The van der Waals surface area contributed by atoms with E-state index in [4.69, 9.17) is 5.73 Å². The summed E-state index contributed by atoms with van der Waals surface area (Å²) in [5.74, 6) is -0.320. The Hall–Kier alpha value is -1.15. The van der Waals surface area contributed by atoms with E-state index in [9.17, 15) is 13.2 Å². The maximum Gasteiger partial charge on any atom is 0.240 e. The van der Waals surface area contributed by atoms with Crippen LogP contribution in [0, 0.1) is 0 Å². The fraction of sp³-hybridized carbons (Fsp3) is 0.417. The molecule has 1 aromatic carbocycles. The van der Waals surface area contributed by atoms with Crippen LogP contribution in [-0.4, -0.2) is 26.9 Å². The molecule has 0 unspecified atom stereocenters. The second-order valence-corrected chi connectivity index (χ2v) is 5.97. The third-order valence-electron chi connectivity index (χ3n) is 2.39. The van der Waals surface area contributed by atoms with Gasteiger partial charge in [-0.25, -0.2) is 13.1 Å². The fourth-order valence-electron chi connectivity index (χ4n) is 1.29. The highest BCUT2D eigenvalue weighted by molar-refractivity contribution is 7.89. The standard InChI is InChI=1S/C12H19N3O3S.ClH/c1-3-8-14-19(17,18)11-6-4-10(5-7-11)15-12(16)9(2)13;/h4-7,9,14H,3,8,13H2,1-2H3,(H,15,16);1H/t9-;/m0./s1. The Kier molecular flexibility index (Phi) is 7.74. The van der Waals surface area contributed by atoms with Crippen LogP contribution in [0.15, 0.2) is 29.2 Å². The number of rotatable bonds is 6.